The maximum absolute atomic E-state index is 12.1. The molecule has 7 heteroatoms. The molecular formula is C19H20N4O3. The van der Waals surface area contributed by atoms with Gasteiger partial charge >= 0.3 is 0 Å². The number of para-hydroxylation sites is 2. The average Bonchev–Trinajstić information content (AvgIpc) is 3.13. The van der Waals surface area contributed by atoms with E-state index in [1.165, 1.54) is 0 Å². The van der Waals surface area contributed by atoms with Gasteiger partial charge in [0.25, 0.3) is 0 Å². The van der Waals surface area contributed by atoms with E-state index < -0.39 is 0 Å². The van der Waals surface area contributed by atoms with Crippen LogP contribution >= 0.6 is 0 Å². The molecule has 0 saturated heterocycles. The molecule has 2 aromatic heterocycles. The first-order chi connectivity index (χ1) is 12.8. The number of nitrogens with one attached hydrogen (secondary N) is 1. The second kappa shape index (κ2) is 8.75. The molecule has 134 valence electrons. The summed E-state index contributed by atoms with van der Waals surface area (Å²) in [6.07, 6.45) is 4.86. The summed E-state index contributed by atoms with van der Waals surface area (Å²) in [6, 6.07) is 11.0. The Balaban J connectivity index is 1.49. The van der Waals surface area contributed by atoms with Gasteiger partial charge in [-0.25, -0.2) is 0 Å². The number of amides is 1. The monoisotopic (exact) mass is 352 g/mol. The number of rotatable bonds is 8. The van der Waals surface area contributed by atoms with Crippen molar-refractivity contribution in [3.63, 3.8) is 0 Å². The minimum absolute atomic E-state index is 0.0778. The number of nitrogens with zero attached hydrogens (tertiary/aromatic N) is 3. The molecule has 0 aliphatic heterocycles. The van der Waals surface area contributed by atoms with Gasteiger partial charge in [-0.15, -0.1) is 0 Å². The van der Waals surface area contributed by atoms with E-state index in [4.69, 9.17) is 9.26 Å². The van der Waals surface area contributed by atoms with Crippen molar-refractivity contribution in [2.45, 2.75) is 26.2 Å². The zero-order chi connectivity index (χ0) is 18.2. The summed E-state index contributed by atoms with van der Waals surface area (Å²) < 4.78 is 10.7. The smallest absolute Gasteiger partial charge is 0.226 e. The average molecular weight is 352 g/mol. The largest absolute Gasteiger partial charge is 0.492 e. The molecule has 0 aliphatic carbocycles. The number of aryl methyl sites for hydroxylation is 1. The molecule has 7 nitrogen and oxygen atoms in total. The number of carbonyl (C=O) groups is 1. The van der Waals surface area contributed by atoms with Gasteiger partial charge < -0.3 is 14.6 Å². The maximum atomic E-state index is 12.1. The quantitative estimate of drug-likeness (QED) is 0.667. The summed E-state index contributed by atoms with van der Waals surface area (Å²) in [6.45, 7) is 2.45. The first-order valence-electron chi connectivity index (χ1n) is 8.51. The molecule has 26 heavy (non-hydrogen) atoms. The molecule has 0 spiro atoms. The second-order valence-electron chi connectivity index (χ2n) is 5.58. The number of hydrogen-bond acceptors (Lipinski definition) is 6. The molecule has 3 aromatic rings. The van der Waals surface area contributed by atoms with Gasteiger partial charge in [-0.1, -0.05) is 17.3 Å². The van der Waals surface area contributed by atoms with Gasteiger partial charge in [0.2, 0.25) is 17.6 Å². The number of hydrogen-bond donors (Lipinski definition) is 1. The Bertz CT molecular complexity index is 849. The van der Waals surface area contributed by atoms with Crippen molar-refractivity contribution in [2.24, 2.45) is 0 Å². The normalized spacial score (nSPS) is 10.5. The molecular weight excluding hydrogens is 332 g/mol. The number of ether oxygens (including phenoxy) is 1. The molecule has 0 atom stereocenters. The molecule has 1 N–H and O–H groups in total. The Hall–Kier alpha value is -3.22. The second-order valence-corrected chi connectivity index (χ2v) is 5.58. The Morgan fingerprint density at radius 2 is 2.00 bits per heavy atom. The molecule has 0 aliphatic rings. The van der Waals surface area contributed by atoms with Crippen LogP contribution in [0.1, 0.15) is 25.7 Å². The van der Waals surface area contributed by atoms with Gasteiger partial charge in [-0.2, -0.15) is 4.98 Å². The summed E-state index contributed by atoms with van der Waals surface area (Å²) in [5.74, 6) is 1.63. The van der Waals surface area contributed by atoms with Crippen LogP contribution < -0.4 is 10.1 Å². The number of pyridine rings is 1. The van der Waals surface area contributed by atoms with E-state index in [0.29, 0.717) is 49.0 Å². The van der Waals surface area contributed by atoms with Gasteiger partial charge in [0, 0.05) is 30.8 Å². The lowest BCUT2D eigenvalue weighted by molar-refractivity contribution is -0.116. The van der Waals surface area contributed by atoms with Gasteiger partial charge in [0.05, 0.1) is 12.3 Å². The lowest BCUT2D eigenvalue weighted by Crippen LogP contribution is -2.12. The highest BCUT2D eigenvalue weighted by Crippen LogP contribution is 2.24. The third kappa shape index (κ3) is 4.66. The van der Waals surface area contributed by atoms with Crippen LogP contribution in [0.3, 0.4) is 0 Å². The van der Waals surface area contributed by atoms with Crippen LogP contribution in [0.2, 0.25) is 0 Å². The zero-order valence-electron chi connectivity index (χ0n) is 14.5. The molecule has 0 saturated carbocycles. The molecule has 0 radical (unpaired) electrons. The molecule has 2 heterocycles. The predicted molar refractivity (Wildman–Crippen MR) is 96.7 cm³/mol. The predicted octanol–water partition coefficient (Wildman–Crippen LogP) is 3.49. The SMILES string of the molecule is CCOc1ccccc1NC(=O)CCCc1nc(-c2ccncc2)no1. The fourth-order valence-corrected chi connectivity index (χ4v) is 2.44. The van der Waals surface area contributed by atoms with Gasteiger partial charge in [-0.3, -0.25) is 9.78 Å². The van der Waals surface area contributed by atoms with Crippen molar-refractivity contribution in [3.8, 4) is 17.1 Å². The molecule has 0 unspecified atom stereocenters. The summed E-state index contributed by atoms with van der Waals surface area (Å²) in [5, 5.41) is 6.83. The number of carbonyl (C=O) groups excluding carboxylic acids is 1. The van der Waals surface area contributed by atoms with Crippen LogP contribution in [0.4, 0.5) is 5.69 Å². The first-order valence-corrected chi connectivity index (χ1v) is 8.51. The topological polar surface area (TPSA) is 90.1 Å². The number of aromatic nitrogens is 3. The number of benzene rings is 1. The highest BCUT2D eigenvalue weighted by Gasteiger charge is 2.11. The van der Waals surface area contributed by atoms with Crippen LogP contribution in [-0.2, 0) is 11.2 Å². The van der Waals surface area contributed by atoms with Crippen LogP contribution in [0.15, 0.2) is 53.3 Å². The van der Waals surface area contributed by atoms with E-state index in [0.717, 1.165) is 5.56 Å². The minimum Gasteiger partial charge on any atom is -0.492 e. The summed E-state index contributed by atoms with van der Waals surface area (Å²) in [7, 11) is 0. The Morgan fingerprint density at radius 3 is 2.81 bits per heavy atom. The van der Waals surface area contributed by atoms with Crippen molar-refractivity contribution in [2.75, 3.05) is 11.9 Å². The Labute approximate surface area is 151 Å². The zero-order valence-corrected chi connectivity index (χ0v) is 14.5. The van der Waals surface area contributed by atoms with Gasteiger partial charge in [0.15, 0.2) is 0 Å². The Kier molecular flexibility index (Phi) is 5.92. The van der Waals surface area contributed by atoms with Crippen molar-refractivity contribution in [1.82, 2.24) is 15.1 Å². The maximum Gasteiger partial charge on any atom is 0.226 e. The molecule has 1 aromatic carbocycles. The van der Waals surface area contributed by atoms with Crippen LogP contribution in [0, 0.1) is 0 Å². The summed E-state index contributed by atoms with van der Waals surface area (Å²) >= 11 is 0. The highest BCUT2D eigenvalue weighted by atomic mass is 16.5. The van der Waals surface area contributed by atoms with E-state index in [2.05, 4.69) is 20.4 Å². The van der Waals surface area contributed by atoms with E-state index in [-0.39, 0.29) is 5.91 Å². The molecule has 3 rings (SSSR count). The molecule has 1 amide bonds. The van der Waals surface area contributed by atoms with Crippen LogP contribution in [0.25, 0.3) is 11.4 Å². The Morgan fingerprint density at radius 1 is 1.19 bits per heavy atom. The van der Waals surface area contributed by atoms with E-state index in [1.54, 1.807) is 12.4 Å². The molecule has 0 fully saturated rings. The minimum atomic E-state index is -0.0778. The van der Waals surface area contributed by atoms with Crippen molar-refractivity contribution < 1.29 is 14.1 Å². The first kappa shape index (κ1) is 17.6. The fraction of sp³-hybridized carbons (Fsp3) is 0.263. The fourth-order valence-electron chi connectivity index (χ4n) is 2.44. The van der Waals surface area contributed by atoms with Crippen molar-refractivity contribution >= 4 is 11.6 Å². The third-order valence-electron chi connectivity index (χ3n) is 3.66. The molecule has 0 bridgehead atoms. The number of anilines is 1. The van der Waals surface area contributed by atoms with E-state index in [9.17, 15) is 4.79 Å². The third-order valence-corrected chi connectivity index (χ3v) is 3.66. The summed E-state index contributed by atoms with van der Waals surface area (Å²) in [4.78, 5) is 20.4. The summed E-state index contributed by atoms with van der Waals surface area (Å²) in [5.41, 5.74) is 1.53. The lowest BCUT2D eigenvalue weighted by atomic mass is 10.2. The standard InChI is InChI=1S/C19H20N4O3/c1-2-25-16-7-4-3-6-15(16)21-17(24)8-5-9-18-22-19(23-26-18)14-10-12-20-13-11-14/h3-4,6-7,10-13H,2,5,8-9H2,1H3,(H,21,24). The van der Waals surface area contributed by atoms with E-state index in [1.807, 2.05) is 43.3 Å². The van der Waals surface area contributed by atoms with Crippen LogP contribution in [-0.4, -0.2) is 27.6 Å². The highest BCUT2D eigenvalue weighted by molar-refractivity contribution is 5.92. The van der Waals surface area contributed by atoms with Crippen molar-refractivity contribution in [1.29, 1.82) is 0 Å². The van der Waals surface area contributed by atoms with Crippen LogP contribution in [0.5, 0.6) is 5.75 Å². The van der Waals surface area contributed by atoms with Gasteiger partial charge in [-0.05, 0) is 37.6 Å². The van der Waals surface area contributed by atoms with E-state index >= 15 is 0 Å². The van der Waals surface area contributed by atoms with Crippen molar-refractivity contribution in [3.05, 3.63) is 54.7 Å². The lowest BCUT2D eigenvalue weighted by Gasteiger charge is -2.10. The van der Waals surface area contributed by atoms with Gasteiger partial charge in [0.1, 0.15) is 5.75 Å².